The summed E-state index contributed by atoms with van der Waals surface area (Å²) in [6.07, 6.45) is 22.9. The predicted octanol–water partition coefficient (Wildman–Crippen LogP) is 9.49. The van der Waals surface area contributed by atoms with Crippen molar-refractivity contribution in [2.24, 2.45) is 0 Å². The fraction of sp³-hybridized carbons (Fsp3) is 0.625. The van der Waals surface area contributed by atoms with Gasteiger partial charge in [0.15, 0.2) is 0 Å². The Hall–Kier alpha value is -2.36. The predicted molar refractivity (Wildman–Crippen MR) is 153 cm³/mol. The highest BCUT2D eigenvalue weighted by atomic mass is 16.3. The average molecular weight is 492 g/mol. The number of rotatable bonds is 19. The third kappa shape index (κ3) is 9.26. The lowest BCUT2D eigenvalue weighted by Gasteiger charge is -2.13. The van der Waals surface area contributed by atoms with Gasteiger partial charge in [0.05, 0.1) is 0 Å². The number of phenols is 1. The van der Waals surface area contributed by atoms with E-state index in [1.165, 1.54) is 102 Å². The van der Waals surface area contributed by atoms with Crippen LogP contribution in [0.2, 0.25) is 0 Å². The minimum absolute atomic E-state index is 0.345. The van der Waals surface area contributed by atoms with Crippen LogP contribution in [0.1, 0.15) is 128 Å². The van der Waals surface area contributed by atoms with Gasteiger partial charge in [0.2, 0.25) is 0 Å². The van der Waals surface area contributed by atoms with Crippen molar-refractivity contribution < 1.29 is 5.11 Å². The van der Waals surface area contributed by atoms with Crippen LogP contribution in [0.3, 0.4) is 0 Å². The molecule has 0 aliphatic heterocycles. The topological polar surface area (TPSA) is 50.9 Å². The summed E-state index contributed by atoms with van der Waals surface area (Å²) in [5.74, 6) is 0.345. The van der Waals surface area contributed by atoms with E-state index in [9.17, 15) is 5.11 Å². The number of unbranched alkanes of at least 4 members (excludes halogenated alkanes) is 14. The van der Waals surface area contributed by atoms with Gasteiger partial charge in [-0.25, -0.2) is 0 Å². The smallest absolute Gasteiger partial charge is 0.146 e. The maximum absolute atomic E-state index is 11.2. The molecule has 3 rings (SSSR count). The van der Waals surface area contributed by atoms with E-state index in [2.05, 4.69) is 36.2 Å². The number of benzene rings is 2. The molecule has 0 saturated heterocycles. The number of hydrogen-bond acceptors (Lipinski definition) is 3. The largest absolute Gasteiger partial charge is 0.505 e. The van der Waals surface area contributed by atoms with E-state index in [-0.39, 0.29) is 0 Å². The molecule has 0 aliphatic carbocycles. The summed E-state index contributed by atoms with van der Waals surface area (Å²) in [5, 5.41) is 20.5. The van der Waals surface area contributed by atoms with E-state index in [0.717, 1.165) is 41.5 Å². The Morgan fingerprint density at radius 1 is 0.611 bits per heavy atom. The van der Waals surface area contributed by atoms with Crippen molar-refractivity contribution in [1.82, 2.24) is 15.0 Å². The number of aryl methyl sites for hydroxylation is 2. The second-order valence-electron chi connectivity index (χ2n) is 10.6. The van der Waals surface area contributed by atoms with Crippen molar-refractivity contribution in [2.45, 2.75) is 129 Å². The van der Waals surface area contributed by atoms with Gasteiger partial charge in [0.1, 0.15) is 22.5 Å². The fourth-order valence-corrected chi connectivity index (χ4v) is 5.11. The van der Waals surface area contributed by atoms with Crippen LogP contribution in [0, 0.1) is 0 Å². The van der Waals surface area contributed by atoms with E-state index in [0.29, 0.717) is 5.75 Å². The number of nitrogens with zero attached hydrogens (tertiary/aromatic N) is 3. The van der Waals surface area contributed by atoms with Crippen LogP contribution in [-0.4, -0.2) is 20.1 Å². The third-order valence-corrected chi connectivity index (χ3v) is 7.35. The lowest BCUT2D eigenvalue weighted by Crippen LogP contribution is -2.03. The first-order chi connectivity index (χ1) is 17.7. The molecule has 0 bridgehead atoms. The molecule has 0 radical (unpaired) electrons. The molecule has 1 aromatic heterocycles. The summed E-state index contributed by atoms with van der Waals surface area (Å²) in [4.78, 5) is 1.63. The highest BCUT2D eigenvalue weighted by molar-refractivity contribution is 5.73. The van der Waals surface area contributed by atoms with Gasteiger partial charge in [-0.05, 0) is 55.0 Å². The van der Waals surface area contributed by atoms with E-state index in [1.54, 1.807) is 4.80 Å². The molecule has 4 nitrogen and oxygen atoms in total. The van der Waals surface area contributed by atoms with Gasteiger partial charge in [0, 0.05) is 0 Å². The molecular weight excluding hydrogens is 442 g/mol. The van der Waals surface area contributed by atoms with Crippen molar-refractivity contribution in [3.8, 4) is 11.4 Å². The highest BCUT2D eigenvalue weighted by Crippen LogP contribution is 2.30. The fourth-order valence-electron chi connectivity index (χ4n) is 5.11. The Kier molecular flexibility index (Phi) is 12.9. The molecule has 0 saturated carbocycles. The summed E-state index contributed by atoms with van der Waals surface area (Å²) < 4.78 is 0. The normalized spacial score (nSPS) is 11.5. The molecule has 0 amide bonds. The van der Waals surface area contributed by atoms with Crippen molar-refractivity contribution in [3.05, 3.63) is 47.5 Å². The first-order valence-electron chi connectivity index (χ1n) is 14.9. The molecule has 2 aromatic carbocycles. The van der Waals surface area contributed by atoms with Crippen molar-refractivity contribution in [1.29, 1.82) is 0 Å². The average Bonchev–Trinajstić information content (AvgIpc) is 3.32. The first kappa shape index (κ1) is 28.2. The van der Waals surface area contributed by atoms with Crippen LogP contribution in [0.15, 0.2) is 36.4 Å². The Morgan fingerprint density at radius 3 is 1.61 bits per heavy atom. The Labute approximate surface area is 219 Å². The molecule has 0 fully saturated rings. The zero-order chi connectivity index (χ0) is 25.4. The SMILES string of the molecule is CCCCCCCCCCc1cc(CCCCCCCCCC)c(O)c(-n2nc3ccccc3n2)c1. The lowest BCUT2D eigenvalue weighted by atomic mass is 9.98. The van der Waals surface area contributed by atoms with Crippen molar-refractivity contribution in [3.63, 3.8) is 0 Å². The quantitative estimate of drug-likeness (QED) is 0.170. The second-order valence-corrected chi connectivity index (χ2v) is 10.6. The standard InChI is InChI=1S/C32H49N3O/c1-3-5-7-9-11-13-15-17-21-27-25-28(22-18-16-14-12-10-8-6-4-2)32(36)31(26-27)35-33-29-23-19-20-24-30(29)34-35/h19-20,23-26,36H,3-18,21-22H2,1-2H3. The van der Waals surface area contributed by atoms with Gasteiger partial charge >= 0.3 is 0 Å². The monoisotopic (exact) mass is 491 g/mol. The molecule has 0 atom stereocenters. The molecule has 1 N–H and O–H groups in total. The summed E-state index contributed by atoms with van der Waals surface area (Å²) in [6.45, 7) is 4.54. The minimum Gasteiger partial charge on any atom is -0.505 e. The third-order valence-electron chi connectivity index (χ3n) is 7.35. The van der Waals surface area contributed by atoms with Gasteiger partial charge in [-0.15, -0.1) is 15.0 Å². The zero-order valence-electron chi connectivity index (χ0n) is 23.0. The molecule has 0 aliphatic rings. The molecule has 4 heteroatoms. The summed E-state index contributed by atoms with van der Waals surface area (Å²) in [5.41, 5.74) is 4.78. The van der Waals surface area contributed by atoms with Gasteiger partial charge in [-0.2, -0.15) is 0 Å². The Bertz CT molecular complexity index is 977. The molecule has 0 spiro atoms. The van der Waals surface area contributed by atoms with E-state index in [1.807, 2.05) is 24.3 Å². The van der Waals surface area contributed by atoms with E-state index in [4.69, 9.17) is 0 Å². The molecule has 198 valence electrons. The number of fused-ring (bicyclic) bond motifs is 1. The van der Waals surface area contributed by atoms with Gasteiger partial charge in [-0.1, -0.05) is 122 Å². The second kappa shape index (κ2) is 16.4. The highest BCUT2D eigenvalue weighted by Gasteiger charge is 2.15. The number of aromatic hydroxyl groups is 1. The first-order valence-corrected chi connectivity index (χ1v) is 14.9. The van der Waals surface area contributed by atoms with Crippen LogP contribution in [0.4, 0.5) is 0 Å². The van der Waals surface area contributed by atoms with E-state index >= 15 is 0 Å². The van der Waals surface area contributed by atoms with Crippen molar-refractivity contribution >= 4 is 11.0 Å². The van der Waals surface area contributed by atoms with Crippen LogP contribution >= 0.6 is 0 Å². The maximum Gasteiger partial charge on any atom is 0.146 e. The van der Waals surface area contributed by atoms with Crippen LogP contribution in [0.5, 0.6) is 5.75 Å². The van der Waals surface area contributed by atoms with Crippen molar-refractivity contribution in [2.75, 3.05) is 0 Å². The van der Waals surface area contributed by atoms with Crippen LogP contribution in [0.25, 0.3) is 16.7 Å². The minimum atomic E-state index is 0.345. The van der Waals surface area contributed by atoms with Crippen LogP contribution < -0.4 is 0 Å². The molecule has 3 aromatic rings. The lowest BCUT2D eigenvalue weighted by molar-refractivity contribution is 0.458. The van der Waals surface area contributed by atoms with Gasteiger partial charge < -0.3 is 5.11 Å². The molecule has 36 heavy (non-hydrogen) atoms. The maximum atomic E-state index is 11.2. The molecular formula is C32H49N3O. The Morgan fingerprint density at radius 2 is 1.08 bits per heavy atom. The van der Waals surface area contributed by atoms with Gasteiger partial charge in [0.25, 0.3) is 0 Å². The molecule has 1 heterocycles. The van der Waals surface area contributed by atoms with E-state index < -0.39 is 0 Å². The number of hydrogen-bond donors (Lipinski definition) is 1. The summed E-state index contributed by atoms with van der Waals surface area (Å²) >= 11 is 0. The Balaban J connectivity index is 1.62. The summed E-state index contributed by atoms with van der Waals surface area (Å²) in [7, 11) is 0. The molecule has 0 unspecified atom stereocenters. The summed E-state index contributed by atoms with van der Waals surface area (Å²) in [6, 6.07) is 12.3. The zero-order valence-corrected chi connectivity index (χ0v) is 23.0. The van der Waals surface area contributed by atoms with Crippen LogP contribution in [-0.2, 0) is 12.8 Å². The van der Waals surface area contributed by atoms with Gasteiger partial charge in [-0.3, -0.25) is 0 Å². The number of phenolic OH excluding ortho intramolecular Hbond substituents is 1. The number of aromatic nitrogens is 3.